The monoisotopic (exact) mass is 369 g/mol. The third-order valence-corrected chi connectivity index (χ3v) is 4.98. The second-order valence-electron chi connectivity index (χ2n) is 5.60. The maximum atomic E-state index is 12.3. The molecule has 0 saturated heterocycles. The molecule has 2 aromatic carbocycles. The lowest BCUT2D eigenvalue weighted by atomic mass is 10.1. The molecule has 0 atom stereocenters. The molecule has 0 unspecified atom stereocenters. The van der Waals surface area contributed by atoms with Crippen molar-refractivity contribution in [1.82, 2.24) is 10.2 Å². The zero-order valence-electron chi connectivity index (χ0n) is 14.3. The molecule has 134 valence electrons. The predicted octanol–water partition coefficient (Wildman–Crippen LogP) is 3.73. The molecule has 0 amide bonds. The zero-order valence-corrected chi connectivity index (χ0v) is 15.1. The zero-order chi connectivity index (χ0) is 18.4. The summed E-state index contributed by atoms with van der Waals surface area (Å²) in [5.41, 5.74) is 2.00. The van der Waals surface area contributed by atoms with Crippen LogP contribution in [-0.2, 0) is 10.0 Å². The van der Waals surface area contributed by atoms with Gasteiger partial charge in [-0.25, -0.2) is 8.42 Å². The van der Waals surface area contributed by atoms with Crippen LogP contribution in [0.25, 0.3) is 11.3 Å². The van der Waals surface area contributed by atoms with Crippen molar-refractivity contribution in [1.29, 1.82) is 0 Å². The van der Waals surface area contributed by atoms with Crippen molar-refractivity contribution in [3.05, 3.63) is 66.7 Å². The van der Waals surface area contributed by atoms with Crippen LogP contribution in [0.4, 0.5) is 5.69 Å². The highest BCUT2D eigenvalue weighted by molar-refractivity contribution is 7.92. The van der Waals surface area contributed by atoms with Gasteiger partial charge in [-0.15, -0.1) is 10.2 Å². The summed E-state index contributed by atoms with van der Waals surface area (Å²) in [6.45, 7) is 2.62. The van der Waals surface area contributed by atoms with E-state index in [2.05, 4.69) is 14.9 Å². The Bertz CT molecular complexity index is 942. The minimum absolute atomic E-state index is 0.220. The number of aromatic nitrogens is 2. The summed E-state index contributed by atoms with van der Waals surface area (Å²) < 4.78 is 32.6. The third-order valence-electron chi connectivity index (χ3n) is 3.58. The van der Waals surface area contributed by atoms with Crippen LogP contribution >= 0.6 is 0 Å². The Morgan fingerprint density at radius 2 is 1.65 bits per heavy atom. The molecule has 26 heavy (non-hydrogen) atoms. The Labute approximate surface area is 152 Å². The number of sulfonamides is 1. The van der Waals surface area contributed by atoms with Crippen LogP contribution in [0.5, 0.6) is 5.88 Å². The van der Waals surface area contributed by atoms with Crippen molar-refractivity contribution >= 4 is 15.7 Å². The highest BCUT2D eigenvalue weighted by atomic mass is 32.2. The Balaban J connectivity index is 1.72. The van der Waals surface area contributed by atoms with Gasteiger partial charge in [0.25, 0.3) is 10.0 Å². The lowest BCUT2D eigenvalue weighted by Crippen LogP contribution is -2.12. The van der Waals surface area contributed by atoms with Crippen LogP contribution in [0.2, 0.25) is 0 Å². The number of hydrogen-bond donors (Lipinski definition) is 1. The normalized spacial score (nSPS) is 11.1. The molecule has 6 nitrogen and oxygen atoms in total. The number of anilines is 1. The highest BCUT2D eigenvalue weighted by Crippen LogP contribution is 2.22. The van der Waals surface area contributed by atoms with Gasteiger partial charge < -0.3 is 4.74 Å². The highest BCUT2D eigenvalue weighted by Gasteiger charge is 2.13. The Morgan fingerprint density at radius 3 is 2.27 bits per heavy atom. The number of benzene rings is 2. The molecule has 0 fully saturated rings. The van der Waals surface area contributed by atoms with Gasteiger partial charge in [-0.3, -0.25) is 4.72 Å². The smallest absolute Gasteiger partial charge is 0.261 e. The van der Waals surface area contributed by atoms with Crippen LogP contribution in [0, 0.1) is 0 Å². The number of ether oxygens (including phenoxy) is 1. The van der Waals surface area contributed by atoms with E-state index in [9.17, 15) is 8.42 Å². The minimum atomic E-state index is -3.60. The molecule has 0 bridgehead atoms. The van der Waals surface area contributed by atoms with E-state index in [1.165, 1.54) is 0 Å². The van der Waals surface area contributed by atoms with Crippen molar-refractivity contribution in [3.8, 4) is 17.1 Å². The summed E-state index contributed by atoms with van der Waals surface area (Å²) in [5.74, 6) is 0.489. The molecule has 0 aliphatic heterocycles. The second kappa shape index (κ2) is 7.97. The first-order valence-corrected chi connectivity index (χ1v) is 9.71. The summed E-state index contributed by atoms with van der Waals surface area (Å²) in [5, 5.41) is 8.17. The fraction of sp³-hybridized carbons (Fsp3) is 0.158. The Kier molecular flexibility index (Phi) is 5.48. The minimum Gasteiger partial charge on any atom is -0.477 e. The largest absolute Gasteiger partial charge is 0.477 e. The van der Waals surface area contributed by atoms with E-state index < -0.39 is 10.0 Å². The maximum absolute atomic E-state index is 12.3. The van der Waals surface area contributed by atoms with E-state index in [1.54, 1.807) is 60.7 Å². The quantitative estimate of drug-likeness (QED) is 0.686. The first kappa shape index (κ1) is 17.9. The van der Waals surface area contributed by atoms with Gasteiger partial charge in [-0.2, -0.15) is 0 Å². The van der Waals surface area contributed by atoms with Crippen molar-refractivity contribution in [2.24, 2.45) is 0 Å². The molecule has 0 radical (unpaired) electrons. The van der Waals surface area contributed by atoms with Crippen LogP contribution in [0.3, 0.4) is 0 Å². The average molecular weight is 369 g/mol. The lowest BCUT2D eigenvalue weighted by Gasteiger charge is -2.09. The number of rotatable bonds is 7. The van der Waals surface area contributed by atoms with E-state index in [-0.39, 0.29) is 4.90 Å². The van der Waals surface area contributed by atoms with Crippen molar-refractivity contribution in [2.75, 3.05) is 11.3 Å². The standard InChI is InChI=1S/C19H19N3O3S/c1-2-14-25-19-13-12-18(20-21-19)15-8-10-16(11-9-15)22-26(23,24)17-6-4-3-5-7-17/h3-13,22H,2,14H2,1H3. The first-order chi connectivity index (χ1) is 12.6. The molecule has 7 heteroatoms. The van der Waals surface area contributed by atoms with E-state index in [4.69, 9.17) is 4.74 Å². The number of nitrogens with zero attached hydrogens (tertiary/aromatic N) is 2. The second-order valence-corrected chi connectivity index (χ2v) is 7.28. The van der Waals surface area contributed by atoms with Crippen LogP contribution in [-0.4, -0.2) is 25.2 Å². The number of nitrogens with one attached hydrogen (secondary N) is 1. The third kappa shape index (κ3) is 4.37. The van der Waals surface area contributed by atoms with E-state index in [1.807, 2.05) is 13.0 Å². The molecule has 0 saturated carbocycles. The van der Waals surface area contributed by atoms with E-state index in [0.29, 0.717) is 23.9 Å². The van der Waals surface area contributed by atoms with Crippen molar-refractivity contribution in [3.63, 3.8) is 0 Å². The summed E-state index contributed by atoms with van der Waals surface area (Å²) in [4.78, 5) is 0.220. The van der Waals surface area contributed by atoms with Crippen molar-refractivity contribution in [2.45, 2.75) is 18.2 Å². The van der Waals surface area contributed by atoms with Gasteiger partial charge in [0.15, 0.2) is 0 Å². The molecule has 0 aliphatic rings. The fourth-order valence-corrected chi connectivity index (χ4v) is 3.36. The molecule has 1 N–H and O–H groups in total. The summed E-state index contributed by atoms with van der Waals surface area (Å²) in [6.07, 6.45) is 0.907. The molecular formula is C19H19N3O3S. The van der Waals surface area contributed by atoms with Crippen LogP contribution in [0.1, 0.15) is 13.3 Å². The average Bonchev–Trinajstić information content (AvgIpc) is 2.68. The molecule has 3 aromatic rings. The summed E-state index contributed by atoms with van der Waals surface area (Å²) in [7, 11) is -3.60. The lowest BCUT2D eigenvalue weighted by molar-refractivity contribution is 0.302. The topological polar surface area (TPSA) is 81.2 Å². The van der Waals surface area contributed by atoms with Crippen molar-refractivity contribution < 1.29 is 13.2 Å². The molecular weight excluding hydrogens is 350 g/mol. The maximum Gasteiger partial charge on any atom is 0.261 e. The molecule has 1 heterocycles. The van der Waals surface area contributed by atoms with Gasteiger partial charge in [0.05, 0.1) is 17.2 Å². The Morgan fingerprint density at radius 1 is 0.923 bits per heavy atom. The van der Waals surface area contributed by atoms with Crippen LogP contribution in [0.15, 0.2) is 71.6 Å². The van der Waals surface area contributed by atoms with Gasteiger partial charge in [0.2, 0.25) is 5.88 Å². The SMILES string of the molecule is CCCOc1ccc(-c2ccc(NS(=O)(=O)c3ccccc3)cc2)nn1. The summed E-state index contributed by atoms with van der Waals surface area (Å²) in [6, 6.07) is 18.8. The van der Waals surface area contributed by atoms with Gasteiger partial charge in [0, 0.05) is 17.3 Å². The van der Waals surface area contributed by atoms with Gasteiger partial charge >= 0.3 is 0 Å². The fourth-order valence-electron chi connectivity index (χ4n) is 2.28. The van der Waals surface area contributed by atoms with Crippen LogP contribution < -0.4 is 9.46 Å². The Hall–Kier alpha value is -2.93. The van der Waals surface area contributed by atoms with E-state index in [0.717, 1.165) is 12.0 Å². The first-order valence-electron chi connectivity index (χ1n) is 8.23. The molecule has 0 aliphatic carbocycles. The summed E-state index contributed by atoms with van der Waals surface area (Å²) >= 11 is 0. The molecule has 1 aromatic heterocycles. The van der Waals surface area contributed by atoms with Gasteiger partial charge in [-0.1, -0.05) is 37.3 Å². The molecule has 0 spiro atoms. The van der Waals surface area contributed by atoms with E-state index >= 15 is 0 Å². The van der Waals surface area contributed by atoms with Gasteiger partial charge in [0.1, 0.15) is 0 Å². The predicted molar refractivity (Wildman–Crippen MR) is 101 cm³/mol. The number of hydrogen-bond acceptors (Lipinski definition) is 5. The molecule has 3 rings (SSSR count). The van der Waals surface area contributed by atoms with Gasteiger partial charge in [-0.05, 0) is 36.8 Å².